The minimum Gasteiger partial charge on any atom is -0.266 e. The standard InChI is InChI=1S/C12H17N3O/c1-8(2)7-15-12(16)10(6-13)5-11(14-15)9(3)4/h5,8-9H,7H2,1-4H3. The van der Waals surface area contributed by atoms with E-state index in [1.54, 1.807) is 6.07 Å². The molecule has 1 heterocycles. The Bertz CT molecular complexity index is 466. The van der Waals surface area contributed by atoms with Crippen LogP contribution in [0.25, 0.3) is 0 Å². The first kappa shape index (κ1) is 12.4. The zero-order valence-electron chi connectivity index (χ0n) is 10.2. The molecule has 1 rings (SSSR count). The Labute approximate surface area is 95.5 Å². The average molecular weight is 219 g/mol. The van der Waals surface area contributed by atoms with Crippen molar-refractivity contribution in [3.63, 3.8) is 0 Å². The van der Waals surface area contributed by atoms with E-state index in [9.17, 15) is 4.79 Å². The fourth-order valence-corrected chi connectivity index (χ4v) is 1.39. The lowest BCUT2D eigenvalue weighted by Crippen LogP contribution is -2.28. The third-order valence-electron chi connectivity index (χ3n) is 2.24. The molecule has 0 atom stereocenters. The van der Waals surface area contributed by atoms with Crippen molar-refractivity contribution < 1.29 is 0 Å². The van der Waals surface area contributed by atoms with Crippen LogP contribution in [0.3, 0.4) is 0 Å². The van der Waals surface area contributed by atoms with Gasteiger partial charge in [-0.25, -0.2) is 4.68 Å². The van der Waals surface area contributed by atoms with E-state index in [0.29, 0.717) is 12.5 Å². The lowest BCUT2D eigenvalue weighted by molar-refractivity contribution is 0.454. The molecule has 86 valence electrons. The third kappa shape index (κ3) is 2.69. The first-order chi connectivity index (χ1) is 7.45. The Hall–Kier alpha value is -1.63. The van der Waals surface area contributed by atoms with E-state index in [1.165, 1.54) is 4.68 Å². The van der Waals surface area contributed by atoms with Crippen molar-refractivity contribution >= 4 is 0 Å². The number of nitriles is 1. The summed E-state index contributed by atoms with van der Waals surface area (Å²) in [5.41, 5.74) is 0.678. The first-order valence-electron chi connectivity index (χ1n) is 5.47. The topological polar surface area (TPSA) is 58.7 Å². The predicted molar refractivity (Wildman–Crippen MR) is 62.1 cm³/mol. The smallest absolute Gasteiger partial charge is 0.266 e. The second-order valence-electron chi connectivity index (χ2n) is 4.63. The van der Waals surface area contributed by atoms with Crippen LogP contribution in [0.5, 0.6) is 0 Å². The van der Waals surface area contributed by atoms with Crippen molar-refractivity contribution in [3.05, 3.63) is 27.7 Å². The van der Waals surface area contributed by atoms with Crippen LogP contribution >= 0.6 is 0 Å². The van der Waals surface area contributed by atoms with E-state index >= 15 is 0 Å². The van der Waals surface area contributed by atoms with Gasteiger partial charge >= 0.3 is 0 Å². The monoisotopic (exact) mass is 219 g/mol. The fraction of sp³-hybridized carbons (Fsp3) is 0.583. The summed E-state index contributed by atoms with van der Waals surface area (Å²) < 4.78 is 1.40. The molecule has 0 unspecified atom stereocenters. The van der Waals surface area contributed by atoms with E-state index in [2.05, 4.69) is 5.10 Å². The number of hydrogen-bond acceptors (Lipinski definition) is 3. The van der Waals surface area contributed by atoms with Crippen molar-refractivity contribution in [1.82, 2.24) is 9.78 Å². The molecule has 0 saturated heterocycles. The van der Waals surface area contributed by atoms with Gasteiger partial charge in [0.25, 0.3) is 5.56 Å². The van der Waals surface area contributed by atoms with Crippen molar-refractivity contribution in [3.8, 4) is 6.07 Å². The Kier molecular flexibility index (Phi) is 3.83. The lowest BCUT2D eigenvalue weighted by Gasteiger charge is -2.11. The maximum atomic E-state index is 11.8. The van der Waals surface area contributed by atoms with Crippen LogP contribution in [0.15, 0.2) is 10.9 Å². The summed E-state index contributed by atoms with van der Waals surface area (Å²) in [5, 5.41) is 13.2. The highest BCUT2D eigenvalue weighted by molar-refractivity contribution is 5.27. The Morgan fingerprint density at radius 1 is 1.44 bits per heavy atom. The summed E-state index contributed by atoms with van der Waals surface area (Å²) in [6.45, 7) is 8.57. The lowest BCUT2D eigenvalue weighted by atomic mass is 10.1. The number of nitrogens with zero attached hydrogens (tertiary/aromatic N) is 3. The number of rotatable bonds is 3. The average Bonchev–Trinajstić information content (AvgIpc) is 2.20. The fourth-order valence-electron chi connectivity index (χ4n) is 1.39. The Balaban J connectivity index is 3.32. The normalized spacial score (nSPS) is 10.8. The summed E-state index contributed by atoms with van der Waals surface area (Å²) in [4.78, 5) is 11.8. The molecule has 4 heteroatoms. The van der Waals surface area contributed by atoms with Gasteiger partial charge in [0.05, 0.1) is 5.69 Å². The SMILES string of the molecule is CC(C)Cn1nc(C(C)C)cc(C#N)c1=O. The molecule has 0 bridgehead atoms. The number of hydrogen-bond donors (Lipinski definition) is 0. The first-order valence-corrected chi connectivity index (χ1v) is 5.47. The van der Waals surface area contributed by atoms with Gasteiger partial charge in [0.2, 0.25) is 0 Å². The van der Waals surface area contributed by atoms with Crippen LogP contribution in [-0.4, -0.2) is 9.78 Å². The molecule has 1 aromatic heterocycles. The molecular weight excluding hydrogens is 202 g/mol. The molecule has 0 spiro atoms. The van der Waals surface area contributed by atoms with Gasteiger partial charge in [0.15, 0.2) is 0 Å². The molecule has 0 saturated carbocycles. The van der Waals surface area contributed by atoms with Gasteiger partial charge < -0.3 is 0 Å². The molecule has 1 aromatic rings. The van der Waals surface area contributed by atoms with E-state index < -0.39 is 0 Å². The number of aromatic nitrogens is 2. The molecule has 0 N–H and O–H groups in total. The van der Waals surface area contributed by atoms with Gasteiger partial charge in [-0.3, -0.25) is 4.79 Å². The van der Waals surface area contributed by atoms with Crippen molar-refractivity contribution in [2.75, 3.05) is 0 Å². The van der Waals surface area contributed by atoms with Crippen LogP contribution in [-0.2, 0) is 6.54 Å². The van der Waals surface area contributed by atoms with E-state index in [1.807, 2.05) is 33.8 Å². The van der Waals surface area contributed by atoms with Crippen molar-refractivity contribution in [1.29, 1.82) is 5.26 Å². The van der Waals surface area contributed by atoms with E-state index in [4.69, 9.17) is 5.26 Å². The molecule has 4 nitrogen and oxygen atoms in total. The van der Waals surface area contributed by atoms with Gasteiger partial charge in [0.1, 0.15) is 11.6 Å². The maximum Gasteiger partial charge on any atom is 0.284 e. The molecule has 0 aliphatic rings. The molecule has 0 amide bonds. The van der Waals surface area contributed by atoms with Crippen LogP contribution in [0.2, 0.25) is 0 Å². The molecule has 0 fully saturated rings. The molecule has 16 heavy (non-hydrogen) atoms. The zero-order valence-corrected chi connectivity index (χ0v) is 10.2. The highest BCUT2D eigenvalue weighted by Gasteiger charge is 2.11. The third-order valence-corrected chi connectivity index (χ3v) is 2.24. The summed E-state index contributed by atoms with van der Waals surface area (Å²) in [5.74, 6) is 0.547. The second-order valence-corrected chi connectivity index (χ2v) is 4.63. The van der Waals surface area contributed by atoms with Crippen LogP contribution < -0.4 is 5.56 Å². The maximum absolute atomic E-state index is 11.8. The minimum atomic E-state index is -0.291. The van der Waals surface area contributed by atoms with Gasteiger partial charge in [-0.05, 0) is 17.9 Å². The van der Waals surface area contributed by atoms with E-state index in [0.717, 1.165) is 5.69 Å². The van der Waals surface area contributed by atoms with Crippen molar-refractivity contribution in [2.45, 2.75) is 40.2 Å². The zero-order chi connectivity index (χ0) is 12.3. The Morgan fingerprint density at radius 2 is 2.06 bits per heavy atom. The summed E-state index contributed by atoms with van der Waals surface area (Å²) >= 11 is 0. The van der Waals surface area contributed by atoms with Crippen LogP contribution in [0.4, 0.5) is 0 Å². The van der Waals surface area contributed by atoms with Crippen molar-refractivity contribution in [2.24, 2.45) is 5.92 Å². The quantitative estimate of drug-likeness (QED) is 0.780. The molecular formula is C12H17N3O. The Morgan fingerprint density at radius 3 is 2.50 bits per heavy atom. The van der Waals surface area contributed by atoms with Gasteiger partial charge in [0, 0.05) is 6.54 Å². The van der Waals surface area contributed by atoms with Crippen LogP contribution in [0.1, 0.15) is 44.9 Å². The summed E-state index contributed by atoms with van der Waals surface area (Å²) in [6.07, 6.45) is 0. The summed E-state index contributed by atoms with van der Waals surface area (Å²) in [7, 11) is 0. The predicted octanol–water partition coefficient (Wildman–Crippen LogP) is 1.89. The molecule has 0 radical (unpaired) electrons. The van der Waals surface area contributed by atoms with Gasteiger partial charge in [-0.15, -0.1) is 0 Å². The highest BCUT2D eigenvalue weighted by Crippen LogP contribution is 2.10. The summed E-state index contributed by atoms with van der Waals surface area (Å²) in [6, 6.07) is 3.52. The largest absolute Gasteiger partial charge is 0.284 e. The van der Waals surface area contributed by atoms with Crippen LogP contribution in [0, 0.1) is 17.2 Å². The second kappa shape index (κ2) is 4.93. The minimum absolute atomic E-state index is 0.180. The van der Waals surface area contributed by atoms with Gasteiger partial charge in [-0.2, -0.15) is 10.4 Å². The van der Waals surface area contributed by atoms with E-state index in [-0.39, 0.29) is 17.0 Å². The molecule has 0 aromatic carbocycles. The molecule has 0 aliphatic heterocycles. The van der Waals surface area contributed by atoms with Gasteiger partial charge in [-0.1, -0.05) is 27.7 Å². The highest BCUT2D eigenvalue weighted by atomic mass is 16.1. The molecule has 0 aliphatic carbocycles.